The lowest BCUT2D eigenvalue weighted by Gasteiger charge is -2.43. The number of nitriles is 1. The molecule has 0 unspecified atom stereocenters. The number of amides is 2. The molecule has 8 heteroatoms. The largest absolute Gasteiger partial charge is 0.355 e. The maximum atomic E-state index is 14.8. The fourth-order valence-electron chi connectivity index (χ4n) is 4.73. The molecule has 2 amide bonds. The summed E-state index contributed by atoms with van der Waals surface area (Å²) in [6.07, 6.45) is 2.04. The van der Waals surface area contributed by atoms with Gasteiger partial charge in [-0.25, -0.2) is 4.39 Å². The van der Waals surface area contributed by atoms with Crippen LogP contribution in [0.2, 0.25) is 0 Å². The Bertz CT molecular complexity index is 1390. The lowest BCUT2D eigenvalue weighted by molar-refractivity contribution is -0.123. The van der Waals surface area contributed by atoms with E-state index in [1.165, 1.54) is 24.1 Å². The second kappa shape index (κ2) is 7.64. The molecule has 33 heavy (non-hydrogen) atoms. The number of nitrogens with one attached hydrogen (secondary N) is 1. The van der Waals surface area contributed by atoms with Crippen LogP contribution in [0.3, 0.4) is 0 Å². The Morgan fingerprint density at radius 3 is 2.48 bits per heavy atom. The predicted molar refractivity (Wildman–Crippen MR) is 128 cm³/mol. The van der Waals surface area contributed by atoms with Crippen molar-refractivity contribution in [1.29, 1.82) is 5.26 Å². The molecule has 3 aromatic carbocycles. The molecular formula is C25H19FN4O2S. The van der Waals surface area contributed by atoms with Gasteiger partial charge in [-0.1, -0.05) is 24.3 Å². The van der Waals surface area contributed by atoms with Gasteiger partial charge in [-0.2, -0.15) is 5.26 Å². The van der Waals surface area contributed by atoms with Gasteiger partial charge in [0.1, 0.15) is 11.4 Å². The molecule has 1 N–H and O–H groups in total. The van der Waals surface area contributed by atoms with Crippen LogP contribution in [0.1, 0.15) is 35.2 Å². The van der Waals surface area contributed by atoms with Crippen LogP contribution in [0.5, 0.6) is 0 Å². The van der Waals surface area contributed by atoms with Gasteiger partial charge < -0.3 is 10.2 Å². The van der Waals surface area contributed by atoms with Crippen molar-refractivity contribution in [2.24, 2.45) is 0 Å². The van der Waals surface area contributed by atoms with E-state index in [9.17, 15) is 19.2 Å². The predicted octanol–water partition coefficient (Wildman–Crippen LogP) is 4.27. The topological polar surface area (TPSA) is 76.4 Å². The van der Waals surface area contributed by atoms with Crippen molar-refractivity contribution in [2.45, 2.75) is 24.8 Å². The summed E-state index contributed by atoms with van der Waals surface area (Å²) in [5, 5.41) is 13.6. The molecule has 164 valence electrons. The summed E-state index contributed by atoms with van der Waals surface area (Å²) in [7, 11) is 1.44. The summed E-state index contributed by atoms with van der Waals surface area (Å²) in [6.45, 7) is 0. The fourth-order valence-corrected chi connectivity index (χ4v) is 5.19. The number of benzene rings is 3. The molecule has 3 aromatic rings. The summed E-state index contributed by atoms with van der Waals surface area (Å²) in [5.41, 5.74) is 0.575. The second-order valence-electron chi connectivity index (χ2n) is 8.18. The van der Waals surface area contributed by atoms with Crippen LogP contribution in [0.15, 0.2) is 54.6 Å². The SMILES string of the molecule is CNC(=O)c1ccc(N2C(=S)N(c3ccc(C#N)c4ccccc34)C(=O)C23CCC3)cc1F. The van der Waals surface area contributed by atoms with E-state index >= 15 is 0 Å². The van der Waals surface area contributed by atoms with E-state index < -0.39 is 17.3 Å². The van der Waals surface area contributed by atoms with E-state index in [2.05, 4.69) is 11.4 Å². The van der Waals surface area contributed by atoms with Crippen molar-refractivity contribution in [3.8, 4) is 6.07 Å². The van der Waals surface area contributed by atoms with Crippen molar-refractivity contribution in [1.82, 2.24) is 5.32 Å². The molecule has 5 rings (SSSR count). The molecule has 0 radical (unpaired) electrons. The molecule has 2 fully saturated rings. The van der Waals surface area contributed by atoms with Gasteiger partial charge in [0, 0.05) is 23.5 Å². The molecule has 1 heterocycles. The molecule has 0 aromatic heterocycles. The maximum Gasteiger partial charge on any atom is 0.259 e. The van der Waals surface area contributed by atoms with Gasteiger partial charge in [-0.05, 0) is 61.8 Å². The first-order chi connectivity index (χ1) is 15.9. The number of hydrogen-bond donors (Lipinski definition) is 1. The molecule has 1 aliphatic heterocycles. The van der Waals surface area contributed by atoms with Crippen LogP contribution in [0.25, 0.3) is 10.8 Å². The molecule has 2 aliphatic rings. The molecule has 1 saturated carbocycles. The van der Waals surface area contributed by atoms with Crippen molar-refractivity contribution in [2.75, 3.05) is 16.8 Å². The van der Waals surface area contributed by atoms with E-state index in [0.29, 0.717) is 29.8 Å². The summed E-state index contributed by atoms with van der Waals surface area (Å²) in [5.74, 6) is -1.37. The normalized spacial score (nSPS) is 16.8. The number of anilines is 2. The highest BCUT2D eigenvalue weighted by molar-refractivity contribution is 7.81. The van der Waals surface area contributed by atoms with Crippen molar-refractivity contribution >= 4 is 51.3 Å². The highest BCUT2D eigenvalue weighted by Gasteiger charge is 2.59. The third kappa shape index (κ3) is 2.93. The Morgan fingerprint density at radius 1 is 1.15 bits per heavy atom. The minimum absolute atomic E-state index is 0.0738. The van der Waals surface area contributed by atoms with Gasteiger partial charge in [0.2, 0.25) is 0 Å². The van der Waals surface area contributed by atoms with Gasteiger partial charge in [0.25, 0.3) is 11.8 Å². The number of carbonyl (C=O) groups excluding carboxylic acids is 2. The number of carbonyl (C=O) groups is 2. The third-order valence-electron chi connectivity index (χ3n) is 6.54. The van der Waals surface area contributed by atoms with Gasteiger partial charge >= 0.3 is 0 Å². The van der Waals surface area contributed by atoms with E-state index in [4.69, 9.17) is 12.2 Å². The summed E-state index contributed by atoms with van der Waals surface area (Å²) >= 11 is 5.79. The van der Waals surface area contributed by atoms with Crippen LogP contribution in [0.4, 0.5) is 15.8 Å². The molecule has 0 bridgehead atoms. The second-order valence-corrected chi connectivity index (χ2v) is 8.54. The molecule has 6 nitrogen and oxygen atoms in total. The first-order valence-electron chi connectivity index (χ1n) is 10.5. The van der Waals surface area contributed by atoms with E-state index in [-0.39, 0.29) is 16.6 Å². The Kier molecular flexibility index (Phi) is 4.87. The molecule has 1 aliphatic carbocycles. The molecular weight excluding hydrogens is 439 g/mol. The van der Waals surface area contributed by atoms with E-state index in [1.807, 2.05) is 24.3 Å². The molecule has 1 saturated heterocycles. The van der Waals surface area contributed by atoms with Gasteiger partial charge in [-0.3, -0.25) is 14.5 Å². The Balaban J connectivity index is 1.64. The lowest BCUT2D eigenvalue weighted by atomic mass is 9.75. The zero-order valence-electron chi connectivity index (χ0n) is 17.8. The fraction of sp³-hybridized carbons (Fsp3) is 0.200. The third-order valence-corrected chi connectivity index (χ3v) is 6.90. The number of rotatable bonds is 3. The van der Waals surface area contributed by atoms with Crippen LogP contribution in [-0.2, 0) is 4.79 Å². The van der Waals surface area contributed by atoms with Gasteiger partial charge in [0.05, 0.1) is 22.9 Å². The van der Waals surface area contributed by atoms with Crippen LogP contribution >= 0.6 is 12.2 Å². The molecule has 1 spiro atoms. The number of hydrogen-bond acceptors (Lipinski definition) is 4. The number of nitrogens with zero attached hydrogens (tertiary/aromatic N) is 3. The minimum atomic E-state index is -0.882. The highest BCUT2D eigenvalue weighted by Crippen LogP contribution is 2.48. The summed E-state index contributed by atoms with van der Waals surface area (Å²) in [4.78, 5) is 28.9. The minimum Gasteiger partial charge on any atom is -0.355 e. The monoisotopic (exact) mass is 458 g/mol. The average Bonchev–Trinajstić information content (AvgIpc) is 3.04. The Hall–Kier alpha value is -3.83. The lowest BCUT2D eigenvalue weighted by Crippen LogP contribution is -2.55. The van der Waals surface area contributed by atoms with Crippen molar-refractivity contribution in [3.05, 3.63) is 71.5 Å². The van der Waals surface area contributed by atoms with Crippen molar-refractivity contribution < 1.29 is 14.0 Å². The Labute approximate surface area is 195 Å². The average molecular weight is 459 g/mol. The van der Waals surface area contributed by atoms with Crippen molar-refractivity contribution in [3.63, 3.8) is 0 Å². The number of halogens is 1. The summed E-state index contributed by atoms with van der Waals surface area (Å²) < 4.78 is 14.8. The van der Waals surface area contributed by atoms with Crippen LogP contribution in [0, 0.1) is 17.1 Å². The summed E-state index contributed by atoms with van der Waals surface area (Å²) in [6, 6.07) is 17.3. The number of fused-ring (bicyclic) bond motifs is 1. The van der Waals surface area contributed by atoms with Crippen LogP contribution in [-0.4, -0.2) is 29.5 Å². The quantitative estimate of drug-likeness (QED) is 0.593. The molecule has 0 atom stereocenters. The zero-order chi connectivity index (χ0) is 23.3. The number of thiocarbonyl (C=S) groups is 1. The van der Waals surface area contributed by atoms with E-state index in [0.717, 1.165) is 17.2 Å². The first kappa shape index (κ1) is 21.0. The maximum absolute atomic E-state index is 14.8. The van der Waals surface area contributed by atoms with E-state index in [1.54, 1.807) is 23.1 Å². The standard InChI is InChI=1S/C25H19FN4O2S/c1-28-22(31)19-9-8-16(13-20(19)26)30-24(33)29(23(32)25(30)11-4-12-25)21-10-7-15(14-27)17-5-2-3-6-18(17)21/h2-3,5-10,13H,4,11-12H2,1H3,(H,28,31). The first-order valence-corrected chi connectivity index (χ1v) is 11.0. The zero-order valence-corrected chi connectivity index (χ0v) is 18.6. The van der Waals surface area contributed by atoms with Crippen LogP contribution < -0.4 is 15.1 Å². The Morgan fingerprint density at radius 2 is 1.88 bits per heavy atom. The van der Waals surface area contributed by atoms with Gasteiger partial charge in [-0.15, -0.1) is 0 Å². The van der Waals surface area contributed by atoms with Gasteiger partial charge in [0.15, 0.2) is 5.11 Å². The highest BCUT2D eigenvalue weighted by atomic mass is 32.1. The smallest absolute Gasteiger partial charge is 0.259 e.